The van der Waals surface area contributed by atoms with Crippen molar-refractivity contribution in [3.63, 3.8) is 0 Å². The standard InChI is InChI=1S/C14H20N4OS/c1-10(6-7-15)16-14-17-13(18-20-14)9-11-4-3-5-12(8-11)19-2/h3-5,8,10H,6-7,9,15H2,1-2H3,(H,16,17,18). The minimum absolute atomic E-state index is 0.317. The quantitative estimate of drug-likeness (QED) is 0.819. The molecule has 1 aromatic heterocycles. The van der Waals surface area contributed by atoms with E-state index in [1.54, 1.807) is 7.11 Å². The summed E-state index contributed by atoms with van der Waals surface area (Å²) in [5, 5.41) is 4.16. The van der Waals surface area contributed by atoms with Crippen molar-refractivity contribution >= 4 is 16.7 Å². The minimum atomic E-state index is 0.317. The van der Waals surface area contributed by atoms with E-state index in [4.69, 9.17) is 10.5 Å². The first-order valence-corrected chi connectivity index (χ1v) is 7.40. The number of benzene rings is 1. The molecule has 0 saturated carbocycles. The SMILES string of the molecule is COc1cccc(Cc2nsc(NC(C)CCN)n2)c1. The van der Waals surface area contributed by atoms with E-state index < -0.39 is 0 Å². The monoisotopic (exact) mass is 292 g/mol. The average molecular weight is 292 g/mol. The van der Waals surface area contributed by atoms with Crippen LogP contribution >= 0.6 is 11.5 Å². The Labute approximate surface area is 123 Å². The number of nitrogens with zero attached hydrogens (tertiary/aromatic N) is 2. The van der Waals surface area contributed by atoms with Crippen LogP contribution in [0.5, 0.6) is 5.75 Å². The maximum absolute atomic E-state index is 5.53. The lowest BCUT2D eigenvalue weighted by atomic mass is 10.1. The number of aromatic nitrogens is 2. The topological polar surface area (TPSA) is 73.1 Å². The molecule has 1 atom stereocenters. The van der Waals surface area contributed by atoms with Gasteiger partial charge in [-0.1, -0.05) is 12.1 Å². The van der Waals surface area contributed by atoms with Crippen LogP contribution in [0, 0.1) is 0 Å². The highest BCUT2D eigenvalue weighted by Crippen LogP contribution is 2.18. The molecular formula is C14H20N4OS. The Hall–Kier alpha value is -1.66. The summed E-state index contributed by atoms with van der Waals surface area (Å²) in [6.45, 7) is 2.76. The molecule has 0 saturated heterocycles. The van der Waals surface area contributed by atoms with Gasteiger partial charge in [0.25, 0.3) is 0 Å². The third kappa shape index (κ3) is 4.18. The summed E-state index contributed by atoms with van der Waals surface area (Å²) >= 11 is 1.39. The van der Waals surface area contributed by atoms with Crippen LogP contribution in [-0.2, 0) is 6.42 Å². The lowest BCUT2D eigenvalue weighted by molar-refractivity contribution is 0.414. The number of nitrogens with one attached hydrogen (secondary N) is 1. The van der Waals surface area contributed by atoms with Crippen LogP contribution in [0.3, 0.4) is 0 Å². The molecule has 2 rings (SSSR count). The lowest BCUT2D eigenvalue weighted by Gasteiger charge is -2.09. The molecule has 6 heteroatoms. The number of hydrogen-bond acceptors (Lipinski definition) is 6. The Morgan fingerprint density at radius 1 is 1.45 bits per heavy atom. The van der Waals surface area contributed by atoms with Crippen LogP contribution in [0.2, 0.25) is 0 Å². The highest BCUT2D eigenvalue weighted by molar-refractivity contribution is 7.09. The molecule has 3 N–H and O–H groups in total. The first kappa shape index (κ1) is 14.7. The maximum atomic E-state index is 5.53. The van der Waals surface area contributed by atoms with E-state index in [2.05, 4.69) is 21.6 Å². The molecule has 0 aliphatic carbocycles. The summed E-state index contributed by atoms with van der Waals surface area (Å²) in [6.07, 6.45) is 1.63. The van der Waals surface area contributed by atoms with Gasteiger partial charge in [-0.05, 0) is 37.6 Å². The van der Waals surface area contributed by atoms with E-state index in [-0.39, 0.29) is 0 Å². The van der Waals surface area contributed by atoms with Gasteiger partial charge in [0.1, 0.15) is 11.6 Å². The molecule has 5 nitrogen and oxygen atoms in total. The fourth-order valence-corrected chi connectivity index (χ4v) is 2.58. The van der Waals surface area contributed by atoms with Crippen molar-refractivity contribution in [2.45, 2.75) is 25.8 Å². The van der Waals surface area contributed by atoms with Crippen molar-refractivity contribution in [3.8, 4) is 5.75 Å². The Kier molecular flexibility index (Phi) is 5.31. The average Bonchev–Trinajstić information content (AvgIpc) is 2.86. The van der Waals surface area contributed by atoms with Crippen molar-refractivity contribution in [1.82, 2.24) is 9.36 Å². The zero-order valence-corrected chi connectivity index (χ0v) is 12.6. The predicted octanol–water partition coefficient (Wildman–Crippen LogP) is 2.29. The molecule has 0 bridgehead atoms. The van der Waals surface area contributed by atoms with Gasteiger partial charge in [0.2, 0.25) is 5.13 Å². The van der Waals surface area contributed by atoms with Crippen LogP contribution < -0.4 is 15.8 Å². The molecule has 2 aromatic rings. The largest absolute Gasteiger partial charge is 0.497 e. The van der Waals surface area contributed by atoms with Gasteiger partial charge < -0.3 is 15.8 Å². The number of nitrogens with two attached hydrogens (primary N) is 1. The van der Waals surface area contributed by atoms with Crippen LogP contribution in [0.4, 0.5) is 5.13 Å². The molecular weight excluding hydrogens is 272 g/mol. The van der Waals surface area contributed by atoms with Gasteiger partial charge in [-0.2, -0.15) is 4.37 Å². The van der Waals surface area contributed by atoms with Gasteiger partial charge in [0.05, 0.1) is 7.11 Å². The van der Waals surface area contributed by atoms with Crippen LogP contribution in [-0.4, -0.2) is 29.1 Å². The normalized spacial score (nSPS) is 12.2. The van der Waals surface area contributed by atoms with E-state index in [1.807, 2.05) is 24.3 Å². The van der Waals surface area contributed by atoms with E-state index in [0.717, 1.165) is 28.7 Å². The van der Waals surface area contributed by atoms with Crippen molar-refractivity contribution in [2.75, 3.05) is 19.0 Å². The number of hydrogen-bond donors (Lipinski definition) is 2. The van der Waals surface area contributed by atoms with Crippen molar-refractivity contribution in [3.05, 3.63) is 35.7 Å². The summed E-state index contributed by atoms with van der Waals surface area (Å²) in [4.78, 5) is 4.50. The number of ether oxygens (including phenoxy) is 1. The van der Waals surface area contributed by atoms with Gasteiger partial charge in [-0.3, -0.25) is 0 Å². The summed E-state index contributed by atoms with van der Waals surface area (Å²) < 4.78 is 9.59. The summed E-state index contributed by atoms with van der Waals surface area (Å²) in [7, 11) is 1.67. The molecule has 0 aliphatic heterocycles. The smallest absolute Gasteiger partial charge is 0.202 e. The van der Waals surface area contributed by atoms with Crippen molar-refractivity contribution in [2.24, 2.45) is 5.73 Å². The number of methoxy groups -OCH3 is 1. The molecule has 0 aliphatic rings. The molecule has 108 valence electrons. The van der Waals surface area contributed by atoms with E-state index in [9.17, 15) is 0 Å². The third-order valence-corrected chi connectivity index (χ3v) is 3.62. The highest BCUT2D eigenvalue weighted by atomic mass is 32.1. The predicted molar refractivity (Wildman–Crippen MR) is 82.5 cm³/mol. The summed E-state index contributed by atoms with van der Waals surface area (Å²) in [5.41, 5.74) is 6.68. The van der Waals surface area contributed by atoms with Gasteiger partial charge in [0.15, 0.2) is 0 Å². The fraction of sp³-hybridized carbons (Fsp3) is 0.429. The van der Waals surface area contributed by atoms with E-state index in [1.165, 1.54) is 11.5 Å². The second kappa shape index (κ2) is 7.21. The Morgan fingerprint density at radius 3 is 3.05 bits per heavy atom. The molecule has 1 heterocycles. The first-order valence-electron chi connectivity index (χ1n) is 6.63. The maximum Gasteiger partial charge on any atom is 0.202 e. The minimum Gasteiger partial charge on any atom is -0.497 e. The molecule has 1 aromatic carbocycles. The fourth-order valence-electron chi connectivity index (χ4n) is 1.88. The van der Waals surface area contributed by atoms with E-state index in [0.29, 0.717) is 19.0 Å². The van der Waals surface area contributed by atoms with Gasteiger partial charge in [-0.25, -0.2) is 4.98 Å². The van der Waals surface area contributed by atoms with Crippen LogP contribution in [0.25, 0.3) is 0 Å². The van der Waals surface area contributed by atoms with Crippen LogP contribution in [0.15, 0.2) is 24.3 Å². The summed E-state index contributed by atoms with van der Waals surface area (Å²) in [6, 6.07) is 8.28. The molecule has 1 unspecified atom stereocenters. The lowest BCUT2D eigenvalue weighted by Crippen LogP contribution is -2.19. The van der Waals surface area contributed by atoms with Crippen LogP contribution in [0.1, 0.15) is 24.7 Å². The number of rotatable bonds is 7. The molecule has 0 spiro atoms. The Balaban J connectivity index is 1.98. The summed E-state index contributed by atoms with van der Waals surface area (Å²) in [5.74, 6) is 1.68. The Bertz CT molecular complexity index is 543. The Morgan fingerprint density at radius 2 is 2.30 bits per heavy atom. The molecule has 20 heavy (non-hydrogen) atoms. The number of anilines is 1. The first-order chi connectivity index (χ1) is 9.71. The van der Waals surface area contributed by atoms with Gasteiger partial charge in [0, 0.05) is 24.0 Å². The second-order valence-corrected chi connectivity index (χ2v) is 5.42. The van der Waals surface area contributed by atoms with Crippen molar-refractivity contribution < 1.29 is 4.74 Å². The highest BCUT2D eigenvalue weighted by Gasteiger charge is 2.08. The molecule has 0 radical (unpaired) electrons. The van der Waals surface area contributed by atoms with E-state index >= 15 is 0 Å². The zero-order valence-electron chi connectivity index (χ0n) is 11.8. The van der Waals surface area contributed by atoms with Crippen molar-refractivity contribution in [1.29, 1.82) is 0 Å². The third-order valence-electron chi connectivity index (χ3n) is 2.93. The van der Waals surface area contributed by atoms with Gasteiger partial charge >= 0.3 is 0 Å². The zero-order chi connectivity index (χ0) is 14.4. The molecule has 0 fully saturated rings. The van der Waals surface area contributed by atoms with Gasteiger partial charge in [-0.15, -0.1) is 0 Å². The second-order valence-electron chi connectivity index (χ2n) is 4.67. The molecule has 0 amide bonds.